The highest BCUT2D eigenvalue weighted by Gasteiger charge is 2.52. The molecule has 4 aliphatic carbocycles. The molecule has 4 rings (SSSR count). The van der Waals surface area contributed by atoms with Crippen LogP contribution in [0.4, 0.5) is 0 Å². The van der Waals surface area contributed by atoms with E-state index in [-0.39, 0.29) is 0 Å². The molecule has 0 atom stereocenters. The van der Waals surface area contributed by atoms with Gasteiger partial charge in [-0.25, -0.2) is 0 Å². The van der Waals surface area contributed by atoms with E-state index in [1.165, 1.54) is 38.5 Å². The SMILES string of the molecule is C[Si](C)(C)OC12CC3CC(CC(C3)C1)C2. The van der Waals surface area contributed by atoms with Crippen molar-refractivity contribution < 1.29 is 4.43 Å². The predicted molar refractivity (Wildman–Crippen MR) is 65.3 cm³/mol. The van der Waals surface area contributed by atoms with Gasteiger partial charge < -0.3 is 4.43 Å². The van der Waals surface area contributed by atoms with Crippen molar-refractivity contribution in [1.29, 1.82) is 0 Å². The molecular formula is C13H24OSi. The van der Waals surface area contributed by atoms with Crippen LogP contribution >= 0.6 is 0 Å². The first-order valence-corrected chi connectivity index (χ1v) is 10.1. The lowest BCUT2D eigenvalue weighted by Gasteiger charge is -2.58. The van der Waals surface area contributed by atoms with Crippen molar-refractivity contribution in [1.82, 2.24) is 0 Å². The smallest absolute Gasteiger partial charge is 0.184 e. The van der Waals surface area contributed by atoms with Crippen molar-refractivity contribution in [2.75, 3.05) is 0 Å². The molecule has 0 amide bonds. The van der Waals surface area contributed by atoms with Gasteiger partial charge in [-0.3, -0.25) is 0 Å². The van der Waals surface area contributed by atoms with E-state index >= 15 is 0 Å². The number of hydrogen-bond donors (Lipinski definition) is 0. The molecule has 4 bridgehead atoms. The highest BCUT2D eigenvalue weighted by Crippen LogP contribution is 2.57. The minimum Gasteiger partial charge on any atom is -0.412 e. The fourth-order valence-electron chi connectivity index (χ4n) is 4.81. The summed E-state index contributed by atoms with van der Waals surface area (Å²) in [6.07, 6.45) is 8.74. The summed E-state index contributed by atoms with van der Waals surface area (Å²) in [7, 11) is -1.34. The van der Waals surface area contributed by atoms with Gasteiger partial charge in [-0.1, -0.05) is 0 Å². The monoisotopic (exact) mass is 224 g/mol. The molecule has 2 heteroatoms. The summed E-state index contributed by atoms with van der Waals surface area (Å²) >= 11 is 0. The van der Waals surface area contributed by atoms with Gasteiger partial charge in [-0.15, -0.1) is 0 Å². The molecule has 0 aromatic rings. The van der Waals surface area contributed by atoms with E-state index < -0.39 is 8.32 Å². The van der Waals surface area contributed by atoms with E-state index in [1.54, 1.807) is 0 Å². The maximum absolute atomic E-state index is 6.58. The van der Waals surface area contributed by atoms with Gasteiger partial charge in [0.25, 0.3) is 0 Å². The average molecular weight is 224 g/mol. The van der Waals surface area contributed by atoms with Gasteiger partial charge in [0.15, 0.2) is 8.32 Å². The second-order valence-corrected chi connectivity index (χ2v) is 11.7. The summed E-state index contributed by atoms with van der Waals surface area (Å²) in [4.78, 5) is 0. The molecule has 4 aliphatic rings. The number of hydrogen-bond acceptors (Lipinski definition) is 1. The molecule has 0 saturated heterocycles. The maximum Gasteiger partial charge on any atom is 0.184 e. The highest BCUT2D eigenvalue weighted by atomic mass is 28.4. The third-order valence-electron chi connectivity index (χ3n) is 4.50. The molecule has 0 N–H and O–H groups in total. The van der Waals surface area contributed by atoms with E-state index in [0.717, 1.165) is 17.8 Å². The Morgan fingerprint density at radius 2 is 1.27 bits per heavy atom. The van der Waals surface area contributed by atoms with Crippen molar-refractivity contribution >= 4 is 8.32 Å². The van der Waals surface area contributed by atoms with Gasteiger partial charge in [0.2, 0.25) is 0 Å². The van der Waals surface area contributed by atoms with Crippen molar-refractivity contribution in [2.24, 2.45) is 17.8 Å². The van der Waals surface area contributed by atoms with Gasteiger partial charge in [0.1, 0.15) is 0 Å². The molecule has 1 nitrogen and oxygen atoms in total. The van der Waals surface area contributed by atoms with Crippen LogP contribution < -0.4 is 0 Å². The van der Waals surface area contributed by atoms with Crippen molar-refractivity contribution in [3.8, 4) is 0 Å². The standard InChI is InChI=1S/C13H24OSi/c1-15(2,3)14-13-7-10-4-11(8-13)6-12(5-10)9-13/h10-12H,4-9H2,1-3H3. The van der Waals surface area contributed by atoms with Crippen LogP contribution in [0.2, 0.25) is 19.6 Å². The molecule has 0 spiro atoms. The van der Waals surface area contributed by atoms with E-state index in [4.69, 9.17) is 4.43 Å². The summed E-state index contributed by atoms with van der Waals surface area (Å²) in [6.45, 7) is 7.06. The lowest BCUT2D eigenvalue weighted by molar-refractivity contribution is -0.112. The molecule has 4 saturated carbocycles. The maximum atomic E-state index is 6.58. The van der Waals surface area contributed by atoms with Crippen LogP contribution in [0.15, 0.2) is 0 Å². The first-order chi connectivity index (χ1) is 6.94. The summed E-state index contributed by atoms with van der Waals surface area (Å²) in [5, 5.41) is 0. The fraction of sp³-hybridized carbons (Fsp3) is 1.00. The van der Waals surface area contributed by atoms with Crippen LogP contribution in [0.5, 0.6) is 0 Å². The molecular weight excluding hydrogens is 200 g/mol. The minimum atomic E-state index is -1.34. The van der Waals surface area contributed by atoms with Gasteiger partial charge in [0.05, 0.1) is 5.60 Å². The Balaban J connectivity index is 1.81. The summed E-state index contributed by atoms with van der Waals surface area (Å²) in [5.74, 6) is 3.06. The molecule has 0 aromatic carbocycles. The Morgan fingerprint density at radius 3 is 1.60 bits per heavy atom. The zero-order chi connectivity index (χ0) is 10.7. The molecule has 0 radical (unpaired) electrons. The Hall–Kier alpha value is 0.177. The number of rotatable bonds is 2. The summed E-state index contributed by atoms with van der Waals surface area (Å²) in [6, 6.07) is 0. The molecule has 0 unspecified atom stereocenters. The lowest BCUT2D eigenvalue weighted by atomic mass is 9.54. The lowest BCUT2D eigenvalue weighted by Crippen LogP contribution is -2.55. The topological polar surface area (TPSA) is 9.23 Å². The summed E-state index contributed by atoms with van der Waals surface area (Å²) in [5.41, 5.74) is 0.346. The second-order valence-electron chi connectivity index (χ2n) is 7.32. The molecule has 15 heavy (non-hydrogen) atoms. The zero-order valence-electron chi connectivity index (χ0n) is 10.4. The third-order valence-corrected chi connectivity index (χ3v) is 5.55. The third kappa shape index (κ3) is 1.91. The van der Waals surface area contributed by atoms with Crippen LogP contribution in [-0.4, -0.2) is 13.9 Å². The Kier molecular flexibility index (Phi) is 2.14. The minimum absolute atomic E-state index is 0.346. The highest BCUT2D eigenvalue weighted by molar-refractivity contribution is 6.69. The molecule has 0 heterocycles. The van der Waals surface area contributed by atoms with Crippen molar-refractivity contribution in [3.05, 3.63) is 0 Å². The largest absolute Gasteiger partial charge is 0.412 e. The van der Waals surface area contributed by atoms with Crippen LogP contribution in [0.25, 0.3) is 0 Å². The van der Waals surface area contributed by atoms with Crippen LogP contribution in [-0.2, 0) is 4.43 Å². The average Bonchev–Trinajstić information content (AvgIpc) is 1.94. The Bertz CT molecular complexity index is 231. The molecule has 0 aromatic heterocycles. The quantitative estimate of drug-likeness (QED) is 0.648. The Labute approximate surface area is 94.7 Å². The first kappa shape index (κ1) is 10.3. The van der Waals surface area contributed by atoms with E-state index in [1.807, 2.05) is 0 Å². The first-order valence-electron chi connectivity index (χ1n) is 6.64. The van der Waals surface area contributed by atoms with Crippen LogP contribution in [0.1, 0.15) is 38.5 Å². The van der Waals surface area contributed by atoms with Crippen molar-refractivity contribution in [3.63, 3.8) is 0 Å². The van der Waals surface area contributed by atoms with Gasteiger partial charge in [-0.2, -0.15) is 0 Å². The normalized spacial score (nSPS) is 48.6. The van der Waals surface area contributed by atoms with E-state index in [0.29, 0.717) is 5.60 Å². The van der Waals surface area contributed by atoms with Gasteiger partial charge in [0, 0.05) is 0 Å². The molecule has 0 aliphatic heterocycles. The Morgan fingerprint density at radius 1 is 0.867 bits per heavy atom. The van der Waals surface area contributed by atoms with Gasteiger partial charge in [-0.05, 0) is 75.9 Å². The van der Waals surface area contributed by atoms with Crippen molar-refractivity contribution in [2.45, 2.75) is 63.8 Å². The van der Waals surface area contributed by atoms with E-state index in [2.05, 4.69) is 19.6 Å². The fourth-order valence-corrected chi connectivity index (χ4v) is 6.35. The zero-order valence-corrected chi connectivity index (χ0v) is 11.4. The summed E-state index contributed by atoms with van der Waals surface area (Å²) < 4.78 is 6.58. The molecule has 86 valence electrons. The van der Waals surface area contributed by atoms with Crippen LogP contribution in [0.3, 0.4) is 0 Å². The second kappa shape index (κ2) is 3.10. The van der Waals surface area contributed by atoms with Crippen LogP contribution in [0, 0.1) is 17.8 Å². The molecule has 4 fully saturated rings. The predicted octanol–water partition coefficient (Wildman–Crippen LogP) is 3.81. The van der Waals surface area contributed by atoms with E-state index in [9.17, 15) is 0 Å². The van der Waals surface area contributed by atoms with Gasteiger partial charge >= 0.3 is 0 Å².